The van der Waals surface area contributed by atoms with Crippen molar-refractivity contribution in [2.75, 3.05) is 27.2 Å². The van der Waals surface area contributed by atoms with Crippen molar-refractivity contribution in [2.24, 2.45) is 11.8 Å². The molecule has 0 radical (unpaired) electrons. The van der Waals surface area contributed by atoms with Gasteiger partial charge in [-0.3, -0.25) is 9.59 Å². The lowest BCUT2D eigenvalue weighted by atomic mass is 9.68. The first-order chi connectivity index (χ1) is 14.5. The molecule has 0 bridgehead atoms. The maximum Gasteiger partial charge on any atom is 0.172 e. The highest BCUT2D eigenvalue weighted by Gasteiger charge is 2.49. The monoisotopic (exact) mass is 433 g/mol. The minimum absolute atomic E-state index is 0. The highest BCUT2D eigenvalue weighted by molar-refractivity contribution is 6.02. The van der Waals surface area contributed by atoms with E-state index in [2.05, 4.69) is 26.2 Å². The Labute approximate surface area is 190 Å². The first-order valence-electron chi connectivity index (χ1n) is 10.5. The number of hydrogen-bond acceptors (Lipinski definition) is 2. The van der Waals surface area contributed by atoms with E-state index in [1.807, 2.05) is 78.9 Å². The minimum atomic E-state index is -0.254. The molecule has 3 aromatic carbocycles. The van der Waals surface area contributed by atoms with Gasteiger partial charge in [0.2, 0.25) is 0 Å². The molecule has 0 N–H and O–H groups in total. The molecule has 1 aliphatic heterocycles. The van der Waals surface area contributed by atoms with Gasteiger partial charge in [-0.1, -0.05) is 91.0 Å². The van der Waals surface area contributed by atoms with Crippen molar-refractivity contribution in [1.29, 1.82) is 0 Å². The van der Waals surface area contributed by atoms with Crippen LogP contribution >= 0.6 is 0 Å². The van der Waals surface area contributed by atoms with Crippen LogP contribution in [0, 0.1) is 11.8 Å². The number of piperidine rings is 1. The Morgan fingerprint density at radius 1 is 0.645 bits per heavy atom. The zero-order chi connectivity index (χ0) is 21.1. The van der Waals surface area contributed by atoms with Crippen LogP contribution in [0.4, 0.5) is 0 Å². The lowest BCUT2D eigenvalue weighted by molar-refractivity contribution is -0.900. The highest BCUT2D eigenvalue weighted by atomic mass is 35.5. The third-order valence-corrected chi connectivity index (χ3v) is 6.22. The Bertz CT molecular complexity index is 955. The zero-order valence-electron chi connectivity index (χ0n) is 17.9. The number of halogens is 1. The molecule has 1 aliphatic rings. The zero-order valence-corrected chi connectivity index (χ0v) is 18.7. The molecular formula is C27H28ClNO2. The van der Waals surface area contributed by atoms with E-state index in [-0.39, 0.29) is 41.7 Å². The summed E-state index contributed by atoms with van der Waals surface area (Å²) in [4.78, 5) is 27.3. The highest BCUT2D eigenvalue weighted by Crippen LogP contribution is 2.42. The van der Waals surface area contributed by atoms with Crippen LogP contribution in [0.5, 0.6) is 0 Å². The van der Waals surface area contributed by atoms with E-state index in [4.69, 9.17) is 0 Å². The van der Waals surface area contributed by atoms with E-state index < -0.39 is 0 Å². The number of ketones is 2. The number of Topliss-reactive ketones (excluding diaryl/α,β-unsaturated/α-hetero) is 2. The Morgan fingerprint density at radius 3 is 1.39 bits per heavy atom. The SMILES string of the molecule is C[N+]1(C)CC(C(=O)c2ccccc2)C(c2ccccc2)C(C(=O)c2ccccc2)C1.[Cl-]. The van der Waals surface area contributed by atoms with Crippen molar-refractivity contribution in [2.45, 2.75) is 5.92 Å². The predicted molar refractivity (Wildman–Crippen MR) is 120 cm³/mol. The fraction of sp³-hybridized carbons (Fsp3) is 0.259. The van der Waals surface area contributed by atoms with Gasteiger partial charge in [-0.05, 0) is 5.56 Å². The van der Waals surface area contributed by atoms with Gasteiger partial charge < -0.3 is 16.9 Å². The molecule has 2 unspecified atom stereocenters. The van der Waals surface area contributed by atoms with E-state index in [1.54, 1.807) is 0 Å². The second kappa shape index (κ2) is 9.59. The number of carbonyl (C=O) groups is 2. The van der Waals surface area contributed by atoms with E-state index in [0.717, 1.165) is 16.7 Å². The summed E-state index contributed by atoms with van der Waals surface area (Å²) in [5.41, 5.74) is 2.51. The van der Waals surface area contributed by atoms with Gasteiger partial charge in [-0.25, -0.2) is 0 Å². The van der Waals surface area contributed by atoms with E-state index in [0.29, 0.717) is 17.6 Å². The molecule has 1 heterocycles. The lowest BCUT2D eigenvalue weighted by Gasteiger charge is -2.46. The van der Waals surface area contributed by atoms with Crippen LogP contribution in [0.3, 0.4) is 0 Å². The molecule has 1 fully saturated rings. The number of rotatable bonds is 5. The van der Waals surface area contributed by atoms with Crippen molar-refractivity contribution in [3.8, 4) is 0 Å². The summed E-state index contributed by atoms with van der Waals surface area (Å²) in [5, 5.41) is 0. The topological polar surface area (TPSA) is 34.1 Å². The average molecular weight is 434 g/mol. The van der Waals surface area contributed by atoms with Crippen molar-refractivity contribution >= 4 is 11.6 Å². The van der Waals surface area contributed by atoms with Crippen molar-refractivity contribution in [3.05, 3.63) is 108 Å². The molecule has 0 spiro atoms. The van der Waals surface area contributed by atoms with Gasteiger partial charge in [0.15, 0.2) is 11.6 Å². The largest absolute Gasteiger partial charge is 1.00 e. The third-order valence-electron chi connectivity index (χ3n) is 6.22. The van der Waals surface area contributed by atoms with Crippen molar-refractivity contribution in [1.82, 2.24) is 0 Å². The molecule has 3 aromatic rings. The average Bonchev–Trinajstić information content (AvgIpc) is 2.78. The summed E-state index contributed by atoms with van der Waals surface area (Å²) in [5.74, 6) is -0.396. The van der Waals surface area contributed by atoms with E-state index >= 15 is 0 Å². The molecule has 1 saturated heterocycles. The first-order valence-corrected chi connectivity index (χ1v) is 10.5. The number of hydrogen-bond donors (Lipinski definition) is 0. The summed E-state index contributed by atoms with van der Waals surface area (Å²) in [6, 6.07) is 29.1. The first kappa shape index (κ1) is 22.9. The van der Waals surface area contributed by atoms with Gasteiger partial charge in [-0.2, -0.15) is 0 Å². The number of carbonyl (C=O) groups excluding carboxylic acids is 2. The van der Waals surface area contributed by atoms with Crippen molar-refractivity contribution in [3.63, 3.8) is 0 Å². The standard InChI is InChI=1S/C27H28NO2.ClH/c1-28(2)18-23(26(29)21-14-8-4-9-15-21)25(20-12-6-3-7-13-20)24(19-28)27(30)22-16-10-5-11-17-22;/h3-17,23-25H,18-19H2,1-2H3;1H/q+1;/p-1. The van der Waals surface area contributed by atoms with E-state index in [9.17, 15) is 9.59 Å². The maximum atomic E-state index is 13.7. The van der Waals surface area contributed by atoms with Gasteiger partial charge in [-0.15, -0.1) is 0 Å². The lowest BCUT2D eigenvalue weighted by Crippen LogP contribution is -3.00. The maximum absolute atomic E-state index is 13.7. The van der Waals surface area contributed by atoms with Crippen molar-refractivity contribution < 1.29 is 26.5 Å². The van der Waals surface area contributed by atoms with Gasteiger partial charge in [0.1, 0.15) is 0 Å². The van der Waals surface area contributed by atoms with Crippen LogP contribution < -0.4 is 12.4 Å². The molecule has 3 nitrogen and oxygen atoms in total. The second-order valence-electron chi connectivity index (χ2n) is 8.91. The predicted octanol–water partition coefficient (Wildman–Crippen LogP) is 1.86. The molecular weight excluding hydrogens is 406 g/mol. The van der Waals surface area contributed by atoms with Crippen LogP contribution in [0.15, 0.2) is 91.0 Å². The molecule has 0 saturated carbocycles. The van der Waals surface area contributed by atoms with Crippen LogP contribution in [0.2, 0.25) is 0 Å². The smallest absolute Gasteiger partial charge is 0.172 e. The van der Waals surface area contributed by atoms with Crippen LogP contribution in [0.25, 0.3) is 0 Å². The summed E-state index contributed by atoms with van der Waals surface area (Å²) in [6.07, 6.45) is 0. The summed E-state index contributed by atoms with van der Waals surface area (Å²) >= 11 is 0. The molecule has 0 aromatic heterocycles. The van der Waals surface area contributed by atoms with Gasteiger partial charge in [0.25, 0.3) is 0 Å². The fourth-order valence-electron chi connectivity index (χ4n) is 4.91. The summed E-state index contributed by atoms with van der Waals surface area (Å²) < 4.78 is 0.649. The van der Waals surface area contributed by atoms with Crippen LogP contribution in [-0.2, 0) is 0 Å². The van der Waals surface area contributed by atoms with Gasteiger partial charge >= 0.3 is 0 Å². The molecule has 2 atom stereocenters. The Kier molecular flexibility index (Phi) is 7.09. The fourth-order valence-corrected chi connectivity index (χ4v) is 4.91. The second-order valence-corrected chi connectivity index (χ2v) is 8.91. The van der Waals surface area contributed by atoms with Gasteiger partial charge in [0.05, 0.1) is 39.0 Å². The summed E-state index contributed by atoms with van der Waals surface area (Å²) in [6.45, 7) is 1.43. The summed E-state index contributed by atoms with van der Waals surface area (Å²) in [7, 11) is 4.25. The molecule has 4 rings (SSSR count). The Balaban J connectivity index is 0.00000272. The minimum Gasteiger partial charge on any atom is -1.00 e. The normalized spacial score (nSPS) is 22.2. The Morgan fingerprint density at radius 2 is 1.00 bits per heavy atom. The number of likely N-dealkylation sites (tertiary alicyclic amines) is 1. The third kappa shape index (κ3) is 4.95. The quantitative estimate of drug-likeness (QED) is 0.454. The molecule has 4 heteroatoms. The number of benzene rings is 3. The van der Waals surface area contributed by atoms with Gasteiger partial charge in [0, 0.05) is 17.0 Å². The van der Waals surface area contributed by atoms with Crippen LogP contribution in [-0.4, -0.2) is 43.2 Å². The molecule has 0 amide bonds. The molecule has 160 valence electrons. The number of quaternary nitrogens is 1. The van der Waals surface area contributed by atoms with Crippen LogP contribution in [0.1, 0.15) is 32.2 Å². The number of nitrogens with zero attached hydrogens (tertiary/aromatic N) is 1. The Hall–Kier alpha value is -2.75. The van der Waals surface area contributed by atoms with E-state index in [1.165, 1.54) is 0 Å². The molecule has 0 aliphatic carbocycles. The molecule has 31 heavy (non-hydrogen) atoms.